The third kappa shape index (κ3) is 3.36. The van der Waals surface area contributed by atoms with Crippen LogP contribution in [0.1, 0.15) is 11.6 Å². The van der Waals surface area contributed by atoms with E-state index in [1.165, 1.54) is 12.1 Å². The zero-order valence-corrected chi connectivity index (χ0v) is 12.0. The summed E-state index contributed by atoms with van der Waals surface area (Å²) in [6.45, 7) is 2.45. The van der Waals surface area contributed by atoms with Gasteiger partial charge in [-0.1, -0.05) is 6.07 Å². The quantitative estimate of drug-likeness (QED) is 0.925. The first-order chi connectivity index (χ1) is 9.59. The summed E-state index contributed by atoms with van der Waals surface area (Å²) in [6.07, 6.45) is -3.64. The molecule has 2 aliphatic heterocycles. The molecule has 2 aliphatic rings. The highest BCUT2D eigenvalue weighted by Gasteiger charge is 2.43. The van der Waals surface area contributed by atoms with Gasteiger partial charge in [-0.2, -0.15) is 0 Å². The summed E-state index contributed by atoms with van der Waals surface area (Å²) in [5, 5.41) is 3.19. The number of nitrogens with one attached hydrogen (secondary N) is 1. The fraction of sp³-hybridized carbons (Fsp3) is 0.538. The summed E-state index contributed by atoms with van der Waals surface area (Å²) < 4.78 is 48.0. The number of halogens is 4. The van der Waals surface area contributed by atoms with Crippen LogP contribution in [0.25, 0.3) is 0 Å². The third-order valence-electron chi connectivity index (χ3n) is 3.55. The first kappa shape index (κ1) is 16.2. The molecule has 0 aromatic heterocycles. The van der Waals surface area contributed by atoms with E-state index in [9.17, 15) is 13.2 Å². The van der Waals surface area contributed by atoms with Gasteiger partial charge >= 0.3 is 6.29 Å². The molecule has 8 heteroatoms. The highest BCUT2D eigenvalue weighted by Crippen LogP contribution is 2.42. The van der Waals surface area contributed by atoms with Gasteiger partial charge in [0.2, 0.25) is 0 Å². The summed E-state index contributed by atoms with van der Waals surface area (Å²) in [5.74, 6) is -0.0576. The predicted octanol–water partition coefficient (Wildman–Crippen LogP) is 2.35. The monoisotopic (exact) mass is 324 g/mol. The molecule has 4 nitrogen and oxygen atoms in total. The molecule has 1 aromatic carbocycles. The molecule has 1 N–H and O–H groups in total. The molecule has 1 saturated heterocycles. The van der Waals surface area contributed by atoms with Crippen molar-refractivity contribution in [3.8, 4) is 11.5 Å². The minimum atomic E-state index is -3.64. The summed E-state index contributed by atoms with van der Waals surface area (Å²) in [6, 6.07) is 4.00. The number of hydrogen-bond acceptors (Lipinski definition) is 4. The maximum atomic E-state index is 13.3. The van der Waals surface area contributed by atoms with Gasteiger partial charge in [-0.3, -0.25) is 4.90 Å². The standard InChI is InChI=1S/C13H15F3N2O2.ClH/c14-8-10(18-5-3-17-4-6-18)9-1-2-11-12(7-9)20-13(15,16)19-11;/h1-2,7,10,17H,3-6,8H2;1H/t10-;/m1./s1. The van der Waals surface area contributed by atoms with E-state index in [4.69, 9.17) is 0 Å². The number of hydrogen-bond donors (Lipinski definition) is 1. The van der Waals surface area contributed by atoms with Crippen LogP contribution in [0.2, 0.25) is 0 Å². The zero-order chi connectivity index (χ0) is 14.2. The van der Waals surface area contributed by atoms with Gasteiger partial charge in [-0.05, 0) is 17.7 Å². The zero-order valence-electron chi connectivity index (χ0n) is 11.2. The Hall–Kier alpha value is -1.18. The molecule has 0 aliphatic carbocycles. The second-order valence-corrected chi connectivity index (χ2v) is 4.83. The van der Waals surface area contributed by atoms with Crippen molar-refractivity contribution in [3.63, 3.8) is 0 Å². The van der Waals surface area contributed by atoms with Crippen LogP contribution >= 0.6 is 12.4 Å². The van der Waals surface area contributed by atoms with Crippen molar-refractivity contribution in [1.82, 2.24) is 10.2 Å². The third-order valence-corrected chi connectivity index (χ3v) is 3.55. The topological polar surface area (TPSA) is 33.7 Å². The number of piperazine rings is 1. The van der Waals surface area contributed by atoms with Gasteiger partial charge in [-0.25, -0.2) is 4.39 Å². The lowest BCUT2D eigenvalue weighted by molar-refractivity contribution is -0.286. The van der Waals surface area contributed by atoms with Crippen molar-refractivity contribution < 1.29 is 22.6 Å². The highest BCUT2D eigenvalue weighted by molar-refractivity contribution is 5.85. The van der Waals surface area contributed by atoms with Crippen LogP contribution in [-0.4, -0.2) is 44.0 Å². The molecule has 0 unspecified atom stereocenters. The van der Waals surface area contributed by atoms with E-state index in [0.717, 1.165) is 26.2 Å². The molecule has 0 saturated carbocycles. The molecule has 0 radical (unpaired) electrons. The Kier molecular flexibility index (Phi) is 4.85. The van der Waals surface area contributed by atoms with E-state index in [1.807, 2.05) is 4.90 Å². The number of rotatable bonds is 3. The molecule has 21 heavy (non-hydrogen) atoms. The average molecular weight is 325 g/mol. The number of fused-ring (bicyclic) bond motifs is 1. The van der Waals surface area contributed by atoms with E-state index in [0.29, 0.717) is 5.56 Å². The smallest absolute Gasteiger partial charge is 0.395 e. The SMILES string of the molecule is Cl.FC[C@H](c1ccc2c(c1)OC(F)(F)O2)N1CCNCC1. The van der Waals surface area contributed by atoms with Crippen molar-refractivity contribution in [1.29, 1.82) is 0 Å². The summed E-state index contributed by atoms with van der Waals surface area (Å²) >= 11 is 0. The molecular formula is C13H16ClF3N2O2. The molecular weight excluding hydrogens is 309 g/mol. The fourth-order valence-electron chi connectivity index (χ4n) is 2.56. The number of benzene rings is 1. The highest BCUT2D eigenvalue weighted by atomic mass is 35.5. The number of alkyl halides is 3. The summed E-state index contributed by atoms with van der Waals surface area (Å²) in [5.41, 5.74) is 0.620. The normalized spacial score (nSPS) is 21.7. The van der Waals surface area contributed by atoms with Crippen LogP contribution in [0.15, 0.2) is 18.2 Å². The average Bonchev–Trinajstić information content (AvgIpc) is 2.74. The van der Waals surface area contributed by atoms with Crippen LogP contribution in [0.3, 0.4) is 0 Å². The Balaban J connectivity index is 0.00000161. The van der Waals surface area contributed by atoms with Crippen molar-refractivity contribution in [3.05, 3.63) is 23.8 Å². The number of nitrogens with zero attached hydrogens (tertiary/aromatic N) is 1. The van der Waals surface area contributed by atoms with Crippen LogP contribution < -0.4 is 14.8 Å². The molecule has 1 atom stereocenters. The van der Waals surface area contributed by atoms with Gasteiger partial charge in [0.05, 0.1) is 6.04 Å². The van der Waals surface area contributed by atoms with Gasteiger partial charge in [0.1, 0.15) is 6.67 Å². The lowest BCUT2D eigenvalue weighted by Gasteiger charge is -2.33. The molecule has 1 aromatic rings. The van der Waals surface area contributed by atoms with Crippen molar-refractivity contribution in [2.24, 2.45) is 0 Å². The summed E-state index contributed by atoms with van der Waals surface area (Å²) in [4.78, 5) is 1.99. The Labute approximate surface area is 126 Å². The van der Waals surface area contributed by atoms with E-state index in [2.05, 4.69) is 14.8 Å². The molecule has 118 valence electrons. The van der Waals surface area contributed by atoms with Crippen molar-refractivity contribution >= 4 is 12.4 Å². The van der Waals surface area contributed by atoms with Gasteiger partial charge < -0.3 is 14.8 Å². The summed E-state index contributed by atoms with van der Waals surface area (Å²) in [7, 11) is 0. The molecule has 0 bridgehead atoms. The predicted molar refractivity (Wildman–Crippen MR) is 73.1 cm³/mol. The lowest BCUT2D eigenvalue weighted by Crippen LogP contribution is -2.45. The van der Waals surface area contributed by atoms with E-state index in [-0.39, 0.29) is 23.9 Å². The largest absolute Gasteiger partial charge is 0.586 e. The molecule has 1 fully saturated rings. The number of ether oxygens (including phenoxy) is 2. The van der Waals surface area contributed by atoms with Crippen LogP contribution in [0.4, 0.5) is 13.2 Å². The van der Waals surface area contributed by atoms with Crippen LogP contribution in [-0.2, 0) is 0 Å². The first-order valence-corrected chi connectivity index (χ1v) is 6.49. The van der Waals surface area contributed by atoms with E-state index < -0.39 is 19.0 Å². The Morgan fingerprint density at radius 3 is 2.52 bits per heavy atom. The first-order valence-electron chi connectivity index (χ1n) is 6.49. The van der Waals surface area contributed by atoms with Crippen LogP contribution in [0, 0.1) is 0 Å². The molecule has 2 heterocycles. The minimum Gasteiger partial charge on any atom is -0.395 e. The van der Waals surface area contributed by atoms with Crippen molar-refractivity contribution in [2.45, 2.75) is 12.3 Å². The van der Waals surface area contributed by atoms with Crippen molar-refractivity contribution in [2.75, 3.05) is 32.9 Å². The molecule has 0 amide bonds. The molecule has 3 rings (SSSR count). The Morgan fingerprint density at radius 2 is 1.86 bits per heavy atom. The van der Waals surface area contributed by atoms with E-state index in [1.54, 1.807) is 6.07 Å². The van der Waals surface area contributed by atoms with Crippen LogP contribution in [0.5, 0.6) is 11.5 Å². The Bertz CT molecular complexity index is 498. The fourth-order valence-corrected chi connectivity index (χ4v) is 2.56. The second-order valence-electron chi connectivity index (χ2n) is 4.83. The Morgan fingerprint density at radius 1 is 1.19 bits per heavy atom. The van der Waals surface area contributed by atoms with E-state index >= 15 is 0 Å². The van der Waals surface area contributed by atoms with Gasteiger partial charge in [0.25, 0.3) is 0 Å². The molecule has 0 spiro atoms. The maximum Gasteiger partial charge on any atom is 0.586 e. The van der Waals surface area contributed by atoms with Gasteiger partial charge in [0.15, 0.2) is 11.5 Å². The van der Waals surface area contributed by atoms with Gasteiger partial charge in [0, 0.05) is 26.2 Å². The maximum absolute atomic E-state index is 13.3. The minimum absolute atomic E-state index is 0. The van der Waals surface area contributed by atoms with Gasteiger partial charge in [-0.15, -0.1) is 21.2 Å². The lowest BCUT2D eigenvalue weighted by atomic mass is 10.0. The second kappa shape index (κ2) is 6.29.